The van der Waals surface area contributed by atoms with Crippen molar-refractivity contribution in [2.45, 2.75) is 26.3 Å². The maximum atomic E-state index is 12.0. The van der Waals surface area contributed by atoms with Crippen LogP contribution < -0.4 is 10.1 Å². The molecule has 1 aromatic heterocycles. The number of hydrogen-bond donors (Lipinski definition) is 1. The Hall–Kier alpha value is -2.12. The van der Waals surface area contributed by atoms with E-state index in [0.717, 1.165) is 25.9 Å². The summed E-state index contributed by atoms with van der Waals surface area (Å²) in [5.74, 6) is 2.16. The molecular weight excluding hydrogens is 356 g/mol. The first-order valence-corrected chi connectivity index (χ1v) is 9.13. The number of carbonyl (C=O) groups is 1. The smallest absolute Gasteiger partial charge is 0.257 e. The van der Waals surface area contributed by atoms with E-state index in [2.05, 4.69) is 20.4 Å². The van der Waals surface area contributed by atoms with Crippen molar-refractivity contribution in [2.75, 3.05) is 26.2 Å². The van der Waals surface area contributed by atoms with Crippen LogP contribution in [0.4, 0.5) is 0 Å². The number of halogens is 1. The summed E-state index contributed by atoms with van der Waals surface area (Å²) in [7, 11) is 0. The molecule has 1 N–H and O–H groups in total. The van der Waals surface area contributed by atoms with Gasteiger partial charge in [0.25, 0.3) is 5.91 Å². The van der Waals surface area contributed by atoms with E-state index >= 15 is 0 Å². The van der Waals surface area contributed by atoms with Crippen LogP contribution in [0, 0.1) is 12.8 Å². The number of aromatic nitrogens is 2. The molecule has 1 unspecified atom stereocenters. The number of aryl methyl sites for hydroxylation is 1. The van der Waals surface area contributed by atoms with Crippen molar-refractivity contribution in [3.63, 3.8) is 0 Å². The largest absolute Gasteiger partial charge is 0.484 e. The quantitative estimate of drug-likeness (QED) is 0.797. The van der Waals surface area contributed by atoms with E-state index in [4.69, 9.17) is 20.9 Å². The Morgan fingerprint density at radius 1 is 1.50 bits per heavy atom. The van der Waals surface area contributed by atoms with Crippen LogP contribution in [0.5, 0.6) is 5.75 Å². The Bertz CT molecular complexity index is 737. The van der Waals surface area contributed by atoms with Crippen molar-refractivity contribution in [3.8, 4) is 5.75 Å². The highest BCUT2D eigenvalue weighted by Gasteiger charge is 2.21. The van der Waals surface area contributed by atoms with Gasteiger partial charge in [-0.2, -0.15) is 4.98 Å². The zero-order valence-electron chi connectivity index (χ0n) is 14.8. The Morgan fingerprint density at radius 3 is 3.15 bits per heavy atom. The van der Waals surface area contributed by atoms with Gasteiger partial charge in [-0.25, -0.2) is 0 Å². The van der Waals surface area contributed by atoms with E-state index in [9.17, 15) is 4.79 Å². The topological polar surface area (TPSA) is 80.5 Å². The SMILES string of the molecule is Cc1nc(CN2CCCC(CNC(=O)COc3cccc(Cl)c3)C2)no1. The normalized spacial score (nSPS) is 17.8. The third-order valence-corrected chi connectivity index (χ3v) is 4.53. The third kappa shape index (κ3) is 5.71. The minimum absolute atomic E-state index is 0.0150. The fourth-order valence-electron chi connectivity index (χ4n) is 3.08. The van der Waals surface area contributed by atoms with E-state index in [1.54, 1.807) is 31.2 Å². The molecule has 140 valence electrons. The monoisotopic (exact) mass is 378 g/mol. The molecule has 0 aliphatic carbocycles. The summed E-state index contributed by atoms with van der Waals surface area (Å²) in [5.41, 5.74) is 0. The fourth-order valence-corrected chi connectivity index (χ4v) is 3.26. The first-order chi connectivity index (χ1) is 12.6. The number of carbonyl (C=O) groups excluding carboxylic acids is 1. The molecule has 1 amide bonds. The molecule has 0 radical (unpaired) electrons. The van der Waals surface area contributed by atoms with E-state index < -0.39 is 0 Å². The fraction of sp³-hybridized carbons (Fsp3) is 0.500. The number of rotatable bonds is 7. The zero-order valence-corrected chi connectivity index (χ0v) is 15.5. The van der Waals surface area contributed by atoms with Gasteiger partial charge in [-0.3, -0.25) is 9.69 Å². The number of nitrogens with zero attached hydrogens (tertiary/aromatic N) is 3. The molecule has 2 heterocycles. The second-order valence-corrected chi connectivity index (χ2v) is 6.96. The number of amides is 1. The molecule has 26 heavy (non-hydrogen) atoms. The average Bonchev–Trinajstić information content (AvgIpc) is 3.03. The van der Waals surface area contributed by atoms with Crippen LogP contribution in [0.1, 0.15) is 24.6 Å². The summed E-state index contributed by atoms with van der Waals surface area (Å²) in [4.78, 5) is 18.6. The highest BCUT2D eigenvalue weighted by molar-refractivity contribution is 6.30. The van der Waals surface area contributed by atoms with Gasteiger partial charge in [-0.15, -0.1) is 0 Å². The number of nitrogens with one attached hydrogen (secondary N) is 1. The predicted octanol–water partition coefficient (Wildman–Crippen LogP) is 2.44. The molecule has 1 aliphatic rings. The van der Waals surface area contributed by atoms with E-state index in [1.165, 1.54) is 0 Å². The van der Waals surface area contributed by atoms with Crippen molar-refractivity contribution in [1.29, 1.82) is 0 Å². The van der Waals surface area contributed by atoms with E-state index in [0.29, 0.717) is 41.5 Å². The van der Waals surface area contributed by atoms with Crippen molar-refractivity contribution < 1.29 is 14.1 Å². The molecule has 3 rings (SSSR count). The summed E-state index contributed by atoms with van der Waals surface area (Å²) in [5, 5.41) is 7.48. The molecule has 0 spiro atoms. The van der Waals surface area contributed by atoms with Crippen LogP contribution in [-0.2, 0) is 11.3 Å². The summed E-state index contributed by atoms with van der Waals surface area (Å²) >= 11 is 5.90. The minimum Gasteiger partial charge on any atom is -0.484 e. The van der Waals surface area contributed by atoms with Gasteiger partial charge in [0, 0.05) is 25.0 Å². The van der Waals surface area contributed by atoms with Crippen LogP contribution >= 0.6 is 11.6 Å². The lowest BCUT2D eigenvalue weighted by molar-refractivity contribution is -0.123. The molecule has 7 nitrogen and oxygen atoms in total. The molecule has 8 heteroatoms. The highest BCUT2D eigenvalue weighted by atomic mass is 35.5. The summed E-state index contributed by atoms with van der Waals surface area (Å²) < 4.78 is 10.5. The molecule has 1 atom stereocenters. The lowest BCUT2D eigenvalue weighted by Crippen LogP contribution is -2.41. The molecular formula is C18H23ClN4O3. The number of ether oxygens (including phenoxy) is 1. The van der Waals surface area contributed by atoms with E-state index in [-0.39, 0.29) is 12.5 Å². The van der Waals surface area contributed by atoms with E-state index in [1.807, 2.05) is 0 Å². The maximum absolute atomic E-state index is 12.0. The molecule has 1 fully saturated rings. The van der Waals surface area contributed by atoms with Gasteiger partial charge in [0.1, 0.15) is 5.75 Å². The molecule has 1 aliphatic heterocycles. The van der Waals surface area contributed by atoms with Crippen LogP contribution in [0.3, 0.4) is 0 Å². The Labute approximate surface area is 157 Å². The molecule has 2 aromatic rings. The predicted molar refractivity (Wildman–Crippen MR) is 97.0 cm³/mol. The second-order valence-electron chi connectivity index (χ2n) is 6.52. The summed E-state index contributed by atoms with van der Waals surface area (Å²) in [6, 6.07) is 7.02. The minimum atomic E-state index is -0.129. The van der Waals surface area contributed by atoms with Gasteiger partial charge in [0.2, 0.25) is 5.89 Å². The lowest BCUT2D eigenvalue weighted by Gasteiger charge is -2.31. The molecule has 1 aromatic carbocycles. The molecule has 0 saturated carbocycles. The Kier molecular flexibility index (Phi) is 6.46. The van der Waals surface area contributed by atoms with Crippen molar-refractivity contribution in [3.05, 3.63) is 41.0 Å². The molecule has 0 bridgehead atoms. The third-order valence-electron chi connectivity index (χ3n) is 4.29. The van der Waals surface area contributed by atoms with Crippen LogP contribution in [0.15, 0.2) is 28.8 Å². The second kappa shape index (κ2) is 9.00. The van der Waals surface area contributed by atoms with Gasteiger partial charge in [-0.05, 0) is 43.5 Å². The first kappa shape index (κ1) is 18.7. The highest BCUT2D eigenvalue weighted by Crippen LogP contribution is 2.18. The number of hydrogen-bond acceptors (Lipinski definition) is 6. The number of benzene rings is 1. The van der Waals surface area contributed by atoms with Gasteiger partial charge in [-0.1, -0.05) is 22.8 Å². The van der Waals surface area contributed by atoms with Crippen LogP contribution in [-0.4, -0.2) is 47.2 Å². The average molecular weight is 379 g/mol. The number of likely N-dealkylation sites (tertiary alicyclic amines) is 1. The maximum Gasteiger partial charge on any atom is 0.257 e. The Morgan fingerprint density at radius 2 is 2.38 bits per heavy atom. The first-order valence-electron chi connectivity index (χ1n) is 8.75. The van der Waals surface area contributed by atoms with Crippen molar-refractivity contribution in [1.82, 2.24) is 20.4 Å². The Balaban J connectivity index is 1.38. The lowest BCUT2D eigenvalue weighted by atomic mass is 9.98. The van der Waals surface area contributed by atoms with Gasteiger partial charge >= 0.3 is 0 Å². The van der Waals surface area contributed by atoms with Crippen LogP contribution in [0.2, 0.25) is 5.02 Å². The summed E-state index contributed by atoms with van der Waals surface area (Å²) in [6.07, 6.45) is 2.19. The van der Waals surface area contributed by atoms with Gasteiger partial charge in [0.05, 0.1) is 6.54 Å². The molecule has 1 saturated heterocycles. The van der Waals surface area contributed by atoms with Crippen molar-refractivity contribution in [2.24, 2.45) is 5.92 Å². The van der Waals surface area contributed by atoms with Crippen molar-refractivity contribution >= 4 is 17.5 Å². The summed E-state index contributed by atoms with van der Waals surface area (Å²) in [6.45, 7) is 5.01. The van der Waals surface area contributed by atoms with Crippen LogP contribution in [0.25, 0.3) is 0 Å². The van der Waals surface area contributed by atoms with Gasteiger partial charge in [0.15, 0.2) is 12.4 Å². The zero-order chi connectivity index (χ0) is 18.4. The van der Waals surface area contributed by atoms with Gasteiger partial charge < -0.3 is 14.6 Å². The number of piperidine rings is 1. The standard InChI is InChI=1S/C18H23ClN4O3/c1-13-21-17(22-26-13)11-23-7-3-4-14(10-23)9-20-18(24)12-25-16-6-2-5-15(19)8-16/h2,5-6,8,14H,3-4,7,9-12H2,1H3,(H,20,24).